The number of hydrogen-bond acceptors (Lipinski definition) is 5. The largest absolute Gasteiger partial charge is 0.449 e. The molecule has 0 bridgehead atoms. The summed E-state index contributed by atoms with van der Waals surface area (Å²) in [5.74, 6) is 0.457. The summed E-state index contributed by atoms with van der Waals surface area (Å²) in [5.41, 5.74) is -0.0383. The molecule has 2 rings (SSSR count). The maximum absolute atomic E-state index is 10.9. The van der Waals surface area contributed by atoms with Crippen molar-refractivity contribution in [2.45, 2.75) is 0 Å². The quantitative estimate of drug-likeness (QED) is 0.469. The Morgan fingerprint density at radius 2 is 2.17 bits per heavy atom. The van der Waals surface area contributed by atoms with E-state index in [1.807, 2.05) is 0 Å². The molecule has 0 aliphatic heterocycles. The average Bonchev–Trinajstić information content (AvgIpc) is 2.40. The third kappa shape index (κ3) is 2.49. The van der Waals surface area contributed by atoms with Crippen molar-refractivity contribution in [1.82, 2.24) is 4.98 Å². The fourth-order valence-electron chi connectivity index (χ4n) is 1.37. The molecule has 18 heavy (non-hydrogen) atoms. The van der Waals surface area contributed by atoms with E-state index >= 15 is 0 Å². The standard InChI is InChI=1S/C12H8N2O4/c15-8-9-3-4-12(11(6-9)14(16)17)18-10-2-1-5-13-7-10/h1-8H. The SMILES string of the molecule is O=Cc1ccc(Oc2cccnc2)c([N+](=O)[O-])c1. The van der Waals surface area contributed by atoms with Crippen LogP contribution in [0.4, 0.5) is 5.69 Å². The van der Waals surface area contributed by atoms with Crippen molar-refractivity contribution < 1.29 is 14.5 Å². The number of aldehydes is 1. The number of ether oxygens (including phenoxy) is 1. The van der Waals surface area contributed by atoms with E-state index in [-0.39, 0.29) is 17.0 Å². The zero-order valence-corrected chi connectivity index (χ0v) is 9.15. The number of nitro benzene ring substituents is 1. The molecule has 2 aromatic rings. The van der Waals surface area contributed by atoms with Crippen LogP contribution >= 0.6 is 0 Å². The van der Waals surface area contributed by atoms with Gasteiger partial charge in [-0.3, -0.25) is 19.9 Å². The van der Waals surface area contributed by atoms with Gasteiger partial charge < -0.3 is 4.74 Å². The topological polar surface area (TPSA) is 82.3 Å². The van der Waals surface area contributed by atoms with Crippen molar-refractivity contribution in [2.75, 3.05) is 0 Å². The Hall–Kier alpha value is -2.76. The van der Waals surface area contributed by atoms with Gasteiger partial charge in [-0.25, -0.2) is 0 Å². The maximum Gasteiger partial charge on any atom is 0.312 e. The summed E-state index contributed by atoms with van der Waals surface area (Å²) in [7, 11) is 0. The van der Waals surface area contributed by atoms with E-state index in [4.69, 9.17) is 4.74 Å². The van der Waals surface area contributed by atoms with Crippen molar-refractivity contribution in [3.8, 4) is 11.5 Å². The zero-order valence-electron chi connectivity index (χ0n) is 9.15. The number of pyridine rings is 1. The van der Waals surface area contributed by atoms with Crippen molar-refractivity contribution >= 4 is 12.0 Å². The summed E-state index contributed by atoms with van der Waals surface area (Å²) in [4.78, 5) is 24.7. The minimum Gasteiger partial charge on any atom is -0.449 e. The molecule has 1 aromatic heterocycles. The number of carbonyl (C=O) groups excluding carboxylic acids is 1. The molecule has 0 spiro atoms. The van der Waals surface area contributed by atoms with E-state index in [2.05, 4.69) is 4.98 Å². The van der Waals surface area contributed by atoms with Crippen molar-refractivity contribution in [1.29, 1.82) is 0 Å². The van der Waals surface area contributed by atoms with Gasteiger partial charge in [0.1, 0.15) is 12.0 Å². The number of rotatable bonds is 4. The van der Waals surface area contributed by atoms with Gasteiger partial charge in [-0.1, -0.05) is 0 Å². The van der Waals surface area contributed by atoms with Crippen LogP contribution in [0.1, 0.15) is 10.4 Å². The van der Waals surface area contributed by atoms with Gasteiger partial charge in [0.05, 0.1) is 11.1 Å². The zero-order chi connectivity index (χ0) is 13.0. The summed E-state index contributed by atoms with van der Waals surface area (Å²) < 4.78 is 5.35. The number of benzene rings is 1. The first-order valence-electron chi connectivity index (χ1n) is 5.02. The van der Waals surface area contributed by atoms with Crippen LogP contribution < -0.4 is 4.74 Å². The van der Waals surface area contributed by atoms with E-state index in [0.717, 1.165) is 0 Å². The van der Waals surface area contributed by atoms with Crippen LogP contribution in [-0.4, -0.2) is 16.2 Å². The molecule has 0 aliphatic carbocycles. The van der Waals surface area contributed by atoms with E-state index < -0.39 is 4.92 Å². The molecule has 0 fully saturated rings. The van der Waals surface area contributed by atoms with E-state index in [9.17, 15) is 14.9 Å². The molecule has 0 N–H and O–H groups in total. The lowest BCUT2D eigenvalue weighted by molar-refractivity contribution is -0.385. The molecule has 0 saturated heterocycles. The molecule has 0 radical (unpaired) electrons. The number of carbonyl (C=O) groups is 1. The number of hydrogen-bond donors (Lipinski definition) is 0. The van der Waals surface area contributed by atoms with Gasteiger partial charge in [0.2, 0.25) is 5.75 Å². The van der Waals surface area contributed by atoms with Gasteiger partial charge in [-0.05, 0) is 24.3 Å². The lowest BCUT2D eigenvalue weighted by Gasteiger charge is -2.05. The molecule has 0 saturated carbocycles. The van der Waals surface area contributed by atoms with E-state index in [0.29, 0.717) is 12.0 Å². The van der Waals surface area contributed by atoms with Gasteiger partial charge in [0, 0.05) is 17.8 Å². The second-order valence-electron chi connectivity index (χ2n) is 3.39. The fraction of sp³-hybridized carbons (Fsp3) is 0. The average molecular weight is 244 g/mol. The maximum atomic E-state index is 10.9. The molecule has 0 atom stereocenters. The fourth-order valence-corrected chi connectivity index (χ4v) is 1.37. The summed E-state index contributed by atoms with van der Waals surface area (Å²) in [6.07, 6.45) is 3.55. The Bertz CT molecular complexity index is 584. The van der Waals surface area contributed by atoms with Crippen molar-refractivity contribution in [2.24, 2.45) is 0 Å². The normalized spacial score (nSPS) is 9.78. The minimum absolute atomic E-state index is 0.0681. The second-order valence-corrected chi connectivity index (χ2v) is 3.39. The van der Waals surface area contributed by atoms with Gasteiger partial charge in [-0.15, -0.1) is 0 Å². The molecule has 6 nitrogen and oxygen atoms in total. The van der Waals surface area contributed by atoms with Crippen LogP contribution in [0.5, 0.6) is 11.5 Å². The highest BCUT2D eigenvalue weighted by atomic mass is 16.6. The molecule has 0 aliphatic rings. The van der Waals surface area contributed by atoms with Crippen LogP contribution in [0, 0.1) is 10.1 Å². The predicted molar refractivity (Wildman–Crippen MR) is 62.8 cm³/mol. The first-order chi connectivity index (χ1) is 8.70. The lowest BCUT2D eigenvalue weighted by atomic mass is 10.2. The monoisotopic (exact) mass is 244 g/mol. The van der Waals surface area contributed by atoms with Crippen molar-refractivity contribution in [3.05, 3.63) is 58.4 Å². The highest BCUT2D eigenvalue weighted by Crippen LogP contribution is 2.31. The first-order valence-corrected chi connectivity index (χ1v) is 5.02. The molecule has 90 valence electrons. The second kappa shape index (κ2) is 5.05. The lowest BCUT2D eigenvalue weighted by Crippen LogP contribution is -1.95. The van der Waals surface area contributed by atoms with Crippen LogP contribution in [0.3, 0.4) is 0 Å². The predicted octanol–water partition coefficient (Wildman–Crippen LogP) is 2.59. The number of nitrogens with zero attached hydrogens (tertiary/aromatic N) is 2. The molecule has 1 heterocycles. The molecule has 1 aromatic carbocycles. The van der Waals surface area contributed by atoms with E-state index in [1.54, 1.807) is 18.3 Å². The number of aromatic nitrogens is 1. The Kier molecular flexibility index (Phi) is 3.29. The Balaban J connectivity index is 2.38. The van der Waals surface area contributed by atoms with Crippen LogP contribution in [0.2, 0.25) is 0 Å². The Morgan fingerprint density at radius 1 is 1.33 bits per heavy atom. The highest BCUT2D eigenvalue weighted by Gasteiger charge is 2.16. The summed E-state index contributed by atoms with van der Waals surface area (Å²) in [6.45, 7) is 0. The minimum atomic E-state index is -0.599. The first kappa shape index (κ1) is 11.7. The summed E-state index contributed by atoms with van der Waals surface area (Å²) in [6, 6.07) is 7.28. The Labute approximate surface area is 102 Å². The van der Waals surface area contributed by atoms with Crippen LogP contribution in [-0.2, 0) is 0 Å². The summed E-state index contributed by atoms with van der Waals surface area (Å²) >= 11 is 0. The molecular formula is C12H8N2O4. The van der Waals surface area contributed by atoms with Crippen LogP contribution in [0.15, 0.2) is 42.7 Å². The van der Waals surface area contributed by atoms with Gasteiger partial charge >= 0.3 is 5.69 Å². The highest BCUT2D eigenvalue weighted by molar-refractivity contribution is 5.77. The van der Waals surface area contributed by atoms with Crippen molar-refractivity contribution in [3.63, 3.8) is 0 Å². The smallest absolute Gasteiger partial charge is 0.312 e. The molecular weight excluding hydrogens is 236 g/mol. The third-order valence-corrected chi connectivity index (χ3v) is 2.18. The number of nitro groups is 1. The van der Waals surface area contributed by atoms with Crippen LogP contribution in [0.25, 0.3) is 0 Å². The third-order valence-electron chi connectivity index (χ3n) is 2.18. The molecule has 0 amide bonds. The van der Waals surface area contributed by atoms with Gasteiger partial charge in [0.15, 0.2) is 0 Å². The molecule has 0 unspecified atom stereocenters. The Morgan fingerprint density at radius 3 is 2.78 bits per heavy atom. The van der Waals surface area contributed by atoms with Gasteiger partial charge in [0.25, 0.3) is 0 Å². The van der Waals surface area contributed by atoms with E-state index in [1.165, 1.54) is 24.4 Å². The molecule has 6 heteroatoms. The van der Waals surface area contributed by atoms with Gasteiger partial charge in [-0.2, -0.15) is 0 Å². The summed E-state index contributed by atoms with van der Waals surface area (Å²) in [5, 5.41) is 10.9.